The van der Waals surface area contributed by atoms with Gasteiger partial charge in [-0.25, -0.2) is 15.0 Å². The van der Waals surface area contributed by atoms with E-state index >= 15 is 0 Å². The monoisotopic (exact) mass is 339 g/mol. The van der Waals surface area contributed by atoms with Crippen LogP contribution in [0.15, 0.2) is 30.7 Å². The number of nitrogens with zero attached hydrogens (tertiary/aromatic N) is 5. The molecular formula is C17H17N5O3. The number of pyridine rings is 2. The second kappa shape index (κ2) is 7.70. The van der Waals surface area contributed by atoms with Crippen LogP contribution in [-0.4, -0.2) is 51.1 Å². The van der Waals surface area contributed by atoms with Crippen LogP contribution in [0.25, 0.3) is 17.0 Å². The summed E-state index contributed by atoms with van der Waals surface area (Å²) < 4.78 is 12.6. The zero-order valence-electron chi connectivity index (χ0n) is 13.7. The van der Waals surface area contributed by atoms with Crippen LogP contribution in [0.2, 0.25) is 0 Å². The fraction of sp³-hybridized carbons (Fsp3) is 0.294. The summed E-state index contributed by atoms with van der Waals surface area (Å²) in [5.74, 6) is 1.28. The summed E-state index contributed by atoms with van der Waals surface area (Å²) in [6.45, 7) is 2.90. The fourth-order valence-electron chi connectivity index (χ4n) is 2.30. The summed E-state index contributed by atoms with van der Waals surface area (Å²) in [5.41, 5.74) is 2.57. The first-order chi connectivity index (χ1) is 12.2. The van der Waals surface area contributed by atoms with Crippen molar-refractivity contribution in [3.05, 3.63) is 42.0 Å². The standard InChI is InChI=1S/C17H17N5O3/c1-12-15(25-7-6-24-5-4-23)8-14-17(21-12)22(11-20-14)16-3-2-13(9-18)10-19-16/h2-3,8,10-11,23H,4-7H2,1H3. The molecule has 0 atom stereocenters. The largest absolute Gasteiger partial charge is 0.489 e. The second-order valence-electron chi connectivity index (χ2n) is 5.23. The minimum absolute atomic E-state index is 0.00659. The maximum absolute atomic E-state index is 8.86. The summed E-state index contributed by atoms with van der Waals surface area (Å²) in [6, 6.07) is 7.31. The van der Waals surface area contributed by atoms with Crippen LogP contribution in [0.5, 0.6) is 5.75 Å². The number of imidazole rings is 1. The van der Waals surface area contributed by atoms with Crippen molar-refractivity contribution in [2.45, 2.75) is 6.92 Å². The molecule has 0 amide bonds. The third kappa shape index (κ3) is 3.74. The van der Waals surface area contributed by atoms with Gasteiger partial charge >= 0.3 is 0 Å². The number of rotatable bonds is 7. The molecule has 0 spiro atoms. The highest BCUT2D eigenvalue weighted by molar-refractivity contribution is 5.74. The van der Waals surface area contributed by atoms with Crippen LogP contribution in [0.4, 0.5) is 0 Å². The van der Waals surface area contributed by atoms with Gasteiger partial charge in [0.05, 0.1) is 31.1 Å². The molecule has 0 aliphatic rings. The maximum atomic E-state index is 8.86. The Labute approximate surface area is 144 Å². The average molecular weight is 339 g/mol. The van der Waals surface area contributed by atoms with Crippen molar-refractivity contribution in [3.63, 3.8) is 0 Å². The van der Waals surface area contributed by atoms with Crippen LogP contribution in [0, 0.1) is 18.3 Å². The van der Waals surface area contributed by atoms with Gasteiger partial charge in [-0.2, -0.15) is 5.26 Å². The molecule has 0 saturated carbocycles. The number of hydrogen-bond donors (Lipinski definition) is 1. The lowest BCUT2D eigenvalue weighted by Gasteiger charge is -2.09. The number of hydrogen-bond acceptors (Lipinski definition) is 7. The first-order valence-electron chi connectivity index (χ1n) is 7.75. The van der Waals surface area contributed by atoms with Crippen LogP contribution in [0.1, 0.15) is 11.3 Å². The van der Waals surface area contributed by atoms with Crippen molar-refractivity contribution < 1.29 is 14.6 Å². The van der Waals surface area contributed by atoms with Crippen molar-refractivity contribution in [1.29, 1.82) is 5.26 Å². The maximum Gasteiger partial charge on any atom is 0.166 e. The molecule has 3 aromatic rings. The Hall–Kier alpha value is -3.02. The van der Waals surface area contributed by atoms with Crippen LogP contribution in [-0.2, 0) is 4.74 Å². The summed E-state index contributed by atoms with van der Waals surface area (Å²) >= 11 is 0. The number of fused-ring (bicyclic) bond motifs is 1. The topological polar surface area (TPSA) is 106 Å². The Bertz CT molecular complexity index is 899. The van der Waals surface area contributed by atoms with Crippen molar-refractivity contribution in [2.75, 3.05) is 26.4 Å². The molecule has 128 valence electrons. The van der Waals surface area contributed by atoms with Gasteiger partial charge in [0.15, 0.2) is 5.65 Å². The van der Waals surface area contributed by atoms with Crippen molar-refractivity contribution in [2.24, 2.45) is 0 Å². The average Bonchev–Trinajstić information content (AvgIpc) is 3.04. The zero-order chi connectivity index (χ0) is 17.6. The SMILES string of the molecule is Cc1nc2c(cc1OCCOCCO)ncn2-c1ccc(C#N)cn1. The second-order valence-corrected chi connectivity index (χ2v) is 5.23. The molecule has 0 aliphatic heterocycles. The normalized spacial score (nSPS) is 10.8. The van der Waals surface area contributed by atoms with E-state index in [0.29, 0.717) is 48.1 Å². The van der Waals surface area contributed by atoms with Crippen LogP contribution >= 0.6 is 0 Å². The van der Waals surface area contributed by atoms with E-state index in [0.717, 1.165) is 5.69 Å². The van der Waals surface area contributed by atoms with Crippen molar-refractivity contribution >= 4 is 11.2 Å². The Morgan fingerprint density at radius 1 is 1.24 bits per heavy atom. The number of nitriles is 1. The molecule has 0 aromatic carbocycles. The Balaban J connectivity index is 1.82. The summed E-state index contributed by atoms with van der Waals surface area (Å²) in [4.78, 5) is 13.2. The van der Waals surface area contributed by atoms with E-state index in [1.54, 1.807) is 23.0 Å². The van der Waals surface area contributed by atoms with Crippen LogP contribution in [0.3, 0.4) is 0 Å². The van der Waals surface area contributed by atoms with Gasteiger partial charge in [-0.05, 0) is 19.1 Å². The van der Waals surface area contributed by atoms with Gasteiger partial charge in [-0.1, -0.05) is 0 Å². The molecule has 0 unspecified atom stereocenters. The molecule has 3 aromatic heterocycles. The van der Waals surface area contributed by atoms with E-state index in [1.807, 2.05) is 19.1 Å². The molecular weight excluding hydrogens is 322 g/mol. The molecule has 0 fully saturated rings. The molecule has 1 N–H and O–H groups in total. The van der Waals surface area contributed by atoms with Crippen LogP contribution < -0.4 is 4.74 Å². The number of aliphatic hydroxyl groups excluding tert-OH is 1. The van der Waals surface area contributed by atoms with Crippen molar-refractivity contribution in [1.82, 2.24) is 19.5 Å². The van der Waals surface area contributed by atoms with E-state index in [-0.39, 0.29) is 6.61 Å². The summed E-state index contributed by atoms with van der Waals surface area (Å²) in [5, 5.41) is 17.5. The summed E-state index contributed by atoms with van der Waals surface area (Å²) in [7, 11) is 0. The highest BCUT2D eigenvalue weighted by Crippen LogP contribution is 2.23. The fourth-order valence-corrected chi connectivity index (χ4v) is 2.30. The molecule has 8 heteroatoms. The van der Waals surface area contributed by atoms with Gasteiger partial charge in [-0.3, -0.25) is 4.57 Å². The van der Waals surface area contributed by atoms with Crippen molar-refractivity contribution in [3.8, 4) is 17.6 Å². The first kappa shape index (κ1) is 16.8. The quantitative estimate of drug-likeness (QED) is 0.648. The van der Waals surface area contributed by atoms with Gasteiger partial charge in [0.25, 0.3) is 0 Å². The number of ether oxygens (including phenoxy) is 2. The number of aliphatic hydroxyl groups is 1. The number of aromatic nitrogens is 4. The third-order valence-electron chi connectivity index (χ3n) is 3.51. The van der Waals surface area contributed by atoms with Gasteiger partial charge in [0.2, 0.25) is 0 Å². The predicted octanol–water partition coefficient (Wildman–Crippen LogP) is 1.38. The molecule has 3 rings (SSSR count). The predicted molar refractivity (Wildman–Crippen MR) is 89.5 cm³/mol. The first-order valence-corrected chi connectivity index (χ1v) is 7.75. The Morgan fingerprint density at radius 3 is 2.84 bits per heavy atom. The molecule has 25 heavy (non-hydrogen) atoms. The minimum atomic E-state index is -0.00659. The van der Waals surface area contributed by atoms with E-state index < -0.39 is 0 Å². The van der Waals surface area contributed by atoms with E-state index in [9.17, 15) is 0 Å². The molecule has 0 bridgehead atoms. The highest BCUT2D eigenvalue weighted by atomic mass is 16.5. The Kier molecular flexibility index (Phi) is 5.18. The molecule has 0 aliphatic carbocycles. The summed E-state index contributed by atoms with van der Waals surface area (Å²) in [6.07, 6.45) is 3.15. The van der Waals surface area contributed by atoms with Gasteiger partial charge in [0, 0.05) is 12.3 Å². The third-order valence-corrected chi connectivity index (χ3v) is 3.51. The molecule has 8 nitrogen and oxygen atoms in total. The Morgan fingerprint density at radius 2 is 2.12 bits per heavy atom. The van der Waals surface area contributed by atoms with E-state index in [1.165, 1.54) is 6.20 Å². The van der Waals surface area contributed by atoms with Gasteiger partial charge in [0.1, 0.15) is 36.1 Å². The van der Waals surface area contributed by atoms with Gasteiger partial charge < -0.3 is 14.6 Å². The van der Waals surface area contributed by atoms with E-state index in [4.69, 9.17) is 19.8 Å². The minimum Gasteiger partial charge on any atom is -0.489 e. The molecule has 3 heterocycles. The highest BCUT2D eigenvalue weighted by Gasteiger charge is 2.11. The van der Waals surface area contributed by atoms with E-state index in [2.05, 4.69) is 15.0 Å². The smallest absolute Gasteiger partial charge is 0.166 e. The van der Waals surface area contributed by atoms with Gasteiger partial charge in [-0.15, -0.1) is 0 Å². The number of aryl methyl sites for hydroxylation is 1. The lowest BCUT2D eigenvalue weighted by Crippen LogP contribution is -2.10. The lowest BCUT2D eigenvalue weighted by atomic mass is 10.3. The lowest BCUT2D eigenvalue weighted by molar-refractivity contribution is 0.0703. The molecule has 0 radical (unpaired) electrons. The zero-order valence-corrected chi connectivity index (χ0v) is 13.7. The molecule has 0 saturated heterocycles.